The Labute approximate surface area is 120 Å². The van der Waals surface area contributed by atoms with Crippen LogP contribution in [0.25, 0.3) is 0 Å². The van der Waals surface area contributed by atoms with E-state index in [9.17, 15) is 29.9 Å². The van der Waals surface area contributed by atoms with Crippen molar-refractivity contribution in [2.24, 2.45) is 13.0 Å². The number of aliphatic carboxylic acids is 2. The van der Waals surface area contributed by atoms with Crippen molar-refractivity contribution < 1.29 is 24.7 Å². The molecule has 0 radical (unpaired) electrons. The van der Waals surface area contributed by atoms with Gasteiger partial charge in [0.2, 0.25) is 0 Å². The van der Waals surface area contributed by atoms with E-state index < -0.39 is 28.2 Å². The van der Waals surface area contributed by atoms with Crippen LogP contribution in [-0.4, -0.2) is 36.6 Å². The molecule has 0 spiro atoms. The Morgan fingerprint density at radius 3 is 2.19 bits per heavy atom. The molecule has 0 atom stereocenters. The Balaban J connectivity index is 3.66. The van der Waals surface area contributed by atoms with Gasteiger partial charge in [-0.1, -0.05) is 13.8 Å². The minimum atomic E-state index is -1.80. The Morgan fingerprint density at radius 2 is 1.86 bits per heavy atom. The van der Waals surface area contributed by atoms with Gasteiger partial charge in [0.05, 0.1) is 7.05 Å². The normalized spacial score (nSPS) is 11.6. The number of hydrogen-bond donors (Lipinski definition) is 2. The lowest BCUT2D eigenvalue weighted by atomic mass is 9.68. The van der Waals surface area contributed by atoms with Crippen LogP contribution in [0.2, 0.25) is 0 Å². The molecule has 0 amide bonds. The van der Waals surface area contributed by atoms with E-state index in [0.29, 0.717) is 0 Å². The highest BCUT2D eigenvalue weighted by molar-refractivity contribution is 5.95. The van der Waals surface area contributed by atoms with Crippen molar-refractivity contribution in [3.05, 3.63) is 22.1 Å². The topological polar surface area (TPSA) is 136 Å². The summed E-state index contributed by atoms with van der Waals surface area (Å²) < 4.78 is 1.15. The maximum Gasteiger partial charge on any atom is 0.346 e. The molecule has 0 saturated heterocycles. The molecule has 0 bridgehead atoms. The summed E-state index contributed by atoms with van der Waals surface area (Å²) in [6, 6.07) is 0. The highest BCUT2D eigenvalue weighted by atomic mass is 16.6. The van der Waals surface area contributed by atoms with E-state index in [1.165, 1.54) is 13.4 Å². The molecule has 2 N–H and O–H groups in total. The average Bonchev–Trinajstić information content (AvgIpc) is 2.77. The van der Waals surface area contributed by atoms with Crippen molar-refractivity contribution in [2.75, 3.05) is 0 Å². The summed E-state index contributed by atoms with van der Waals surface area (Å²) in [4.78, 5) is 37.2. The summed E-state index contributed by atoms with van der Waals surface area (Å²) >= 11 is 0. The van der Waals surface area contributed by atoms with Gasteiger partial charge >= 0.3 is 17.8 Å². The predicted octanol–water partition coefficient (Wildman–Crippen LogP) is 1.17. The number of hydrogen-bond acceptors (Lipinski definition) is 5. The quantitative estimate of drug-likeness (QED) is 0.438. The van der Waals surface area contributed by atoms with Gasteiger partial charge < -0.3 is 20.3 Å². The van der Waals surface area contributed by atoms with Crippen LogP contribution in [0.3, 0.4) is 0 Å². The molecule has 1 rings (SSSR count). The van der Waals surface area contributed by atoms with Gasteiger partial charge in [-0.3, -0.25) is 9.59 Å². The second kappa shape index (κ2) is 5.90. The standard InChI is InChI=1S/C12H17N3O6/c1-4-12(5-2,7(10(16)17)11(18)19)8-9(15(20)21)14(3)6-13-8/h6-7H,4-5H2,1-3H3,(H,16,17)(H,18,19). The lowest BCUT2D eigenvalue weighted by molar-refractivity contribution is -0.393. The molecule has 1 heterocycles. The molecule has 9 nitrogen and oxygen atoms in total. The average molecular weight is 299 g/mol. The molecule has 1 aromatic rings. The Bertz CT molecular complexity index is 562. The van der Waals surface area contributed by atoms with Crippen molar-refractivity contribution in [1.82, 2.24) is 9.55 Å². The summed E-state index contributed by atoms with van der Waals surface area (Å²) in [5.74, 6) is -5.26. The van der Waals surface area contributed by atoms with Crippen LogP contribution in [0.1, 0.15) is 32.4 Å². The number of nitrogens with zero attached hydrogens (tertiary/aromatic N) is 3. The largest absolute Gasteiger partial charge is 0.481 e. The maximum atomic E-state index is 11.4. The Hall–Kier alpha value is -2.45. The zero-order chi connectivity index (χ0) is 16.4. The van der Waals surface area contributed by atoms with Crippen LogP contribution < -0.4 is 0 Å². The molecular formula is C12H17N3O6. The first-order chi connectivity index (χ1) is 9.72. The van der Waals surface area contributed by atoms with E-state index in [0.717, 1.165) is 4.57 Å². The third kappa shape index (κ3) is 2.58. The summed E-state index contributed by atoms with van der Waals surface area (Å²) in [6.07, 6.45) is 1.39. The van der Waals surface area contributed by atoms with E-state index in [-0.39, 0.29) is 24.4 Å². The number of nitro groups is 1. The molecule has 116 valence electrons. The number of carboxylic acids is 2. The number of aryl methyl sites for hydroxylation is 1. The third-order valence-electron chi connectivity index (χ3n) is 3.86. The molecule has 0 unspecified atom stereocenters. The second-order valence-corrected chi connectivity index (χ2v) is 4.76. The highest BCUT2D eigenvalue weighted by Gasteiger charge is 2.51. The Kier molecular flexibility index (Phi) is 4.66. The fourth-order valence-electron chi connectivity index (χ4n) is 2.70. The van der Waals surface area contributed by atoms with Crippen molar-refractivity contribution >= 4 is 17.8 Å². The number of rotatable bonds is 7. The van der Waals surface area contributed by atoms with Gasteiger partial charge in [-0.05, 0) is 17.8 Å². The van der Waals surface area contributed by atoms with Crippen LogP contribution in [-0.2, 0) is 22.1 Å². The van der Waals surface area contributed by atoms with Crippen molar-refractivity contribution in [3.63, 3.8) is 0 Å². The van der Waals surface area contributed by atoms with E-state index in [2.05, 4.69) is 4.98 Å². The van der Waals surface area contributed by atoms with Crippen LogP contribution in [0.5, 0.6) is 0 Å². The summed E-state index contributed by atoms with van der Waals surface area (Å²) in [6.45, 7) is 3.20. The molecule has 0 aliphatic heterocycles. The second-order valence-electron chi connectivity index (χ2n) is 4.76. The summed E-state index contributed by atoms with van der Waals surface area (Å²) in [5.41, 5.74) is -1.55. The zero-order valence-electron chi connectivity index (χ0n) is 11.9. The summed E-state index contributed by atoms with van der Waals surface area (Å²) in [7, 11) is 1.40. The first kappa shape index (κ1) is 16.6. The molecule has 0 aliphatic carbocycles. The van der Waals surface area contributed by atoms with E-state index in [4.69, 9.17) is 0 Å². The van der Waals surface area contributed by atoms with Crippen LogP contribution in [0.4, 0.5) is 5.82 Å². The van der Waals surface area contributed by atoms with Gasteiger partial charge in [0.25, 0.3) is 0 Å². The number of aromatic nitrogens is 2. The van der Waals surface area contributed by atoms with Crippen LogP contribution >= 0.6 is 0 Å². The van der Waals surface area contributed by atoms with E-state index in [1.54, 1.807) is 13.8 Å². The van der Waals surface area contributed by atoms with Crippen molar-refractivity contribution in [2.45, 2.75) is 32.1 Å². The summed E-state index contributed by atoms with van der Waals surface area (Å²) in [5, 5.41) is 29.7. The first-order valence-corrected chi connectivity index (χ1v) is 6.34. The third-order valence-corrected chi connectivity index (χ3v) is 3.86. The number of carbonyl (C=O) groups is 2. The Morgan fingerprint density at radius 1 is 1.38 bits per heavy atom. The molecule has 21 heavy (non-hydrogen) atoms. The monoisotopic (exact) mass is 299 g/mol. The van der Waals surface area contributed by atoms with Gasteiger partial charge in [-0.25, -0.2) is 9.55 Å². The minimum absolute atomic E-state index is 0.102. The smallest absolute Gasteiger partial charge is 0.346 e. The maximum absolute atomic E-state index is 11.4. The van der Waals surface area contributed by atoms with Gasteiger partial charge in [-0.15, -0.1) is 0 Å². The molecular weight excluding hydrogens is 282 g/mol. The van der Waals surface area contributed by atoms with Gasteiger partial charge in [-0.2, -0.15) is 0 Å². The van der Waals surface area contributed by atoms with Crippen molar-refractivity contribution in [1.29, 1.82) is 0 Å². The fraction of sp³-hybridized carbons (Fsp3) is 0.583. The molecule has 0 saturated carbocycles. The highest BCUT2D eigenvalue weighted by Crippen LogP contribution is 2.42. The van der Waals surface area contributed by atoms with Crippen LogP contribution in [0, 0.1) is 16.0 Å². The molecule has 0 fully saturated rings. The lowest BCUT2D eigenvalue weighted by Gasteiger charge is -2.32. The molecule has 0 aliphatic rings. The predicted molar refractivity (Wildman–Crippen MR) is 70.9 cm³/mol. The van der Waals surface area contributed by atoms with Gasteiger partial charge in [0, 0.05) is 5.41 Å². The number of imidazole rings is 1. The fourth-order valence-corrected chi connectivity index (χ4v) is 2.70. The molecule has 9 heteroatoms. The zero-order valence-corrected chi connectivity index (χ0v) is 11.9. The number of carboxylic acid groups (broad SMARTS) is 2. The van der Waals surface area contributed by atoms with Crippen LogP contribution in [0.15, 0.2) is 6.33 Å². The minimum Gasteiger partial charge on any atom is -0.481 e. The molecule has 1 aromatic heterocycles. The van der Waals surface area contributed by atoms with E-state index >= 15 is 0 Å². The van der Waals surface area contributed by atoms with Gasteiger partial charge in [0.1, 0.15) is 5.69 Å². The SMILES string of the molecule is CCC(CC)(c1ncn(C)c1[N+](=O)[O-])C(C(=O)O)C(=O)O. The lowest BCUT2D eigenvalue weighted by Crippen LogP contribution is -2.44. The van der Waals surface area contributed by atoms with Crippen molar-refractivity contribution in [3.8, 4) is 0 Å². The van der Waals surface area contributed by atoms with Gasteiger partial charge in [0.15, 0.2) is 12.2 Å². The van der Waals surface area contributed by atoms with E-state index in [1.807, 2.05) is 0 Å². The first-order valence-electron chi connectivity index (χ1n) is 6.34. The molecule has 0 aromatic carbocycles.